The van der Waals surface area contributed by atoms with Gasteiger partial charge in [-0.1, -0.05) is 43.9 Å². The van der Waals surface area contributed by atoms with Gasteiger partial charge in [-0.25, -0.2) is 4.39 Å². The Morgan fingerprint density at radius 2 is 1.83 bits per heavy atom. The normalized spacial score (nSPS) is 19.4. The topological polar surface area (TPSA) is 12.0 Å². The molecule has 0 aromatic heterocycles. The van der Waals surface area contributed by atoms with Gasteiger partial charge in [0.15, 0.2) is 0 Å². The fraction of sp³-hybridized carbons (Fsp3) is 0.625. The van der Waals surface area contributed by atoms with E-state index in [1.165, 1.54) is 38.5 Å². The summed E-state index contributed by atoms with van der Waals surface area (Å²) in [6.45, 7) is 3.07. The van der Waals surface area contributed by atoms with E-state index in [9.17, 15) is 4.39 Å². The lowest BCUT2D eigenvalue weighted by molar-refractivity contribution is 0.398. The van der Waals surface area contributed by atoms with Gasteiger partial charge in [-0.2, -0.15) is 0 Å². The third kappa shape index (κ3) is 3.81. The number of benzene rings is 1. The average Bonchev–Trinajstić information content (AvgIpc) is 2.65. The monoisotopic (exact) mass is 249 g/mol. The minimum absolute atomic E-state index is 0.0987. The van der Waals surface area contributed by atoms with Crippen molar-refractivity contribution in [3.8, 4) is 0 Å². The van der Waals surface area contributed by atoms with Crippen LogP contribution in [-0.4, -0.2) is 6.54 Å². The fourth-order valence-corrected chi connectivity index (χ4v) is 2.85. The van der Waals surface area contributed by atoms with E-state index in [1.807, 2.05) is 12.1 Å². The zero-order valence-electron chi connectivity index (χ0n) is 11.3. The summed E-state index contributed by atoms with van der Waals surface area (Å²) in [6, 6.07) is 7.17. The molecule has 2 heteroatoms. The number of rotatable bonds is 4. The van der Waals surface area contributed by atoms with E-state index in [1.54, 1.807) is 12.1 Å². The van der Waals surface area contributed by atoms with Crippen LogP contribution in [0.5, 0.6) is 0 Å². The molecule has 0 aliphatic heterocycles. The maximum Gasteiger partial charge on any atom is 0.127 e. The summed E-state index contributed by atoms with van der Waals surface area (Å²) in [7, 11) is 0. The minimum Gasteiger partial charge on any atom is -0.310 e. The third-order valence-electron chi connectivity index (χ3n) is 4.06. The predicted octanol–water partition coefficient (Wildman–Crippen LogP) is 4.45. The summed E-state index contributed by atoms with van der Waals surface area (Å²) >= 11 is 0. The molecule has 2 rings (SSSR count). The minimum atomic E-state index is -0.0987. The van der Waals surface area contributed by atoms with Crippen LogP contribution in [0.4, 0.5) is 4.39 Å². The summed E-state index contributed by atoms with van der Waals surface area (Å²) in [6.07, 6.45) is 8.16. The first-order valence-corrected chi connectivity index (χ1v) is 7.25. The molecule has 1 aromatic rings. The zero-order valence-corrected chi connectivity index (χ0v) is 11.3. The van der Waals surface area contributed by atoms with Crippen LogP contribution >= 0.6 is 0 Å². The molecule has 18 heavy (non-hydrogen) atoms. The Kier molecular flexibility index (Phi) is 5.18. The Morgan fingerprint density at radius 1 is 1.17 bits per heavy atom. The Bertz CT molecular complexity index is 356. The second-order valence-corrected chi connectivity index (χ2v) is 5.51. The predicted molar refractivity (Wildman–Crippen MR) is 74.0 cm³/mol. The van der Waals surface area contributed by atoms with E-state index in [0.717, 1.165) is 18.0 Å². The van der Waals surface area contributed by atoms with Gasteiger partial charge in [-0.3, -0.25) is 0 Å². The molecule has 0 spiro atoms. The van der Waals surface area contributed by atoms with Crippen LogP contribution in [0.15, 0.2) is 24.3 Å². The molecule has 1 saturated carbocycles. The first-order chi connectivity index (χ1) is 8.77. The van der Waals surface area contributed by atoms with Crippen LogP contribution in [0, 0.1) is 11.7 Å². The van der Waals surface area contributed by atoms with Crippen LogP contribution in [0.3, 0.4) is 0 Å². The van der Waals surface area contributed by atoms with Gasteiger partial charge >= 0.3 is 0 Å². The summed E-state index contributed by atoms with van der Waals surface area (Å²) in [4.78, 5) is 0. The molecular formula is C16H24FN. The van der Waals surface area contributed by atoms with Gasteiger partial charge in [0.2, 0.25) is 0 Å². The van der Waals surface area contributed by atoms with Crippen LogP contribution < -0.4 is 5.32 Å². The first kappa shape index (κ1) is 13.5. The Balaban J connectivity index is 1.84. The molecule has 0 unspecified atom stereocenters. The Labute approximate surface area is 110 Å². The molecular weight excluding hydrogens is 225 g/mol. The maximum absolute atomic E-state index is 13.6. The highest BCUT2D eigenvalue weighted by molar-refractivity contribution is 5.20. The highest BCUT2D eigenvalue weighted by Crippen LogP contribution is 2.23. The van der Waals surface area contributed by atoms with Crippen molar-refractivity contribution in [2.24, 2.45) is 5.92 Å². The van der Waals surface area contributed by atoms with Crippen molar-refractivity contribution < 1.29 is 4.39 Å². The van der Waals surface area contributed by atoms with E-state index >= 15 is 0 Å². The SMILES string of the molecule is C[C@@H](NCC1CCCCCC1)c1ccccc1F. The van der Waals surface area contributed by atoms with Gasteiger partial charge in [-0.15, -0.1) is 0 Å². The second-order valence-electron chi connectivity index (χ2n) is 5.51. The molecule has 1 nitrogen and oxygen atoms in total. The summed E-state index contributed by atoms with van der Waals surface area (Å²) in [5.74, 6) is 0.681. The van der Waals surface area contributed by atoms with Crippen molar-refractivity contribution in [1.29, 1.82) is 0 Å². The summed E-state index contributed by atoms with van der Waals surface area (Å²) in [5, 5.41) is 3.50. The number of nitrogens with one attached hydrogen (secondary N) is 1. The molecule has 100 valence electrons. The standard InChI is InChI=1S/C16H24FN/c1-13(15-10-6-7-11-16(15)17)18-12-14-8-4-2-3-5-9-14/h6-7,10-11,13-14,18H,2-5,8-9,12H2,1H3/t13-/m1/s1. The van der Waals surface area contributed by atoms with Gasteiger partial charge in [0.05, 0.1) is 0 Å². The smallest absolute Gasteiger partial charge is 0.127 e. The van der Waals surface area contributed by atoms with Crippen LogP contribution in [-0.2, 0) is 0 Å². The Morgan fingerprint density at radius 3 is 2.50 bits per heavy atom. The first-order valence-electron chi connectivity index (χ1n) is 7.25. The molecule has 0 saturated heterocycles. The van der Waals surface area contributed by atoms with Gasteiger partial charge in [0, 0.05) is 11.6 Å². The maximum atomic E-state index is 13.6. The van der Waals surface area contributed by atoms with Crippen LogP contribution in [0.1, 0.15) is 57.1 Å². The van der Waals surface area contributed by atoms with Crippen molar-refractivity contribution in [2.75, 3.05) is 6.54 Å². The molecule has 0 radical (unpaired) electrons. The molecule has 0 bridgehead atoms. The number of hydrogen-bond acceptors (Lipinski definition) is 1. The average molecular weight is 249 g/mol. The summed E-state index contributed by atoms with van der Waals surface area (Å²) in [5.41, 5.74) is 0.783. The molecule has 1 atom stereocenters. The zero-order chi connectivity index (χ0) is 12.8. The molecule has 0 heterocycles. The van der Waals surface area contributed by atoms with Crippen molar-refractivity contribution >= 4 is 0 Å². The third-order valence-corrected chi connectivity index (χ3v) is 4.06. The van der Waals surface area contributed by atoms with Gasteiger partial charge < -0.3 is 5.32 Å². The van der Waals surface area contributed by atoms with E-state index in [0.29, 0.717) is 0 Å². The lowest BCUT2D eigenvalue weighted by Gasteiger charge is -2.20. The molecule has 1 aliphatic rings. The molecule has 1 N–H and O–H groups in total. The number of hydrogen-bond donors (Lipinski definition) is 1. The van der Waals surface area contributed by atoms with Gasteiger partial charge in [0.25, 0.3) is 0 Å². The van der Waals surface area contributed by atoms with E-state index in [-0.39, 0.29) is 11.9 Å². The van der Waals surface area contributed by atoms with Crippen LogP contribution in [0.25, 0.3) is 0 Å². The highest BCUT2D eigenvalue weighted by atomic mass is 19.1. The van der Waals surface area contributed by atoms with E-state index < -0.39 is 0 Å². The van der Waals surface area contributed by atoms with Gasteiger partial charge in [0.1, 0.15) is 5.82 Å². The lowest BCUT2D eigenvalue weighted by Crippen LogP contribution is -2.26. The highest BCUT2D eigenvalue weighted by Gasteiger charge is 2.15. The summed E-state index contributed by atoms with van der Waals surface area (Å²) < 4.78 is 13.6. The van der Waals surface area contributed by atoms with Gasteiger partial charge in [-0.05, 0) is 38.3 Å². The molecule has 1 fully saturated rings. The van der Waals surface area contributed by atoms with Crippen molar-refractivity contribution in [2.45, 2.75) is 51.5 Å². The van der Waals surface area contributed by atoms with Crippen molar-refractivity contribution in [3.63, 3.8) is 0 Å². The van der Waals surface area contributed by atoms with E-state index in [4.69, 9.17) is 0 Å². The molecule has 0 amide bonds. The molecule has 1 aromatic carbocycles. The molecule has 1 aliphatic carbocycles. The second kappa shape index (κ2) is 6.89. The number of halogens is 1. The lowest BCUT2D eigenvalue weighted by atomic mass is 9.99. The fourth-order valence-electron chi connectivity index (χ4n) is 2.85. The van der Waals surface area contributed by atoms with Crippen molar-refractivity contribution in [3.05, 3.63) is 35.6 Å². The Hall–Kier alpha value is -0.890. The largest absolute Gasteiger partial charge is 0.310 e. The quantitative estimate of drug-likeness (QED) is 0.777. The van der Waals surface area contributed by atoms with Crippen LogP contribution in [0.2, 0.25) is 0 Å². The van der Waals surface area contributed by atoms with E-state index in [2.05, 4.69) is 12.2 Å². The van der Waals surface area contributed by atoms with Crippen molar-refractivity contribution in [1.82, 2.24) is 5.32 Å².